The van der Waals surface area contributed by atoms with Gasteiger partial charge in [0.05, 0.1) is 5.56 Å². The van der Waals surface area contributed by atoms with E-state index in [2.05, 4.69) is 0 Å². The molecule has 0 radical (unpaired) electrons. The highest BCUT2D eigenvalue weighted by Gasteiger charge is 2.29. The van der Waals surface area contributed by atoms with Crippen LogP contribution < -0.4 is 0 Å². The van der Waals surface area contributed by atoms with Gasteiger partial charge in [-0.1, -0.05) is 12.2 Å². The third kappa shape index (κ3) is 2.08. The lowest BCUT2D eigenvalue weighted by Gasteiger charge is -2.16. The molecule has 1 aromatic carbocycles. The second kappa shape index (κ2) is 4.43. The number of nitriles is 1. The molecular weight excluding hydrogens is 240 g/mol. The summed E-state index contributed by atoms with van der Waals surface area (Å²) < 4.78 is 0. The molecule has 4 nitrogen and oxygen atoms in total. The first kappa shape index (κ1) is 11.8. The van der Waals surface area contributed by atoms with Crippen LogP contribution in [0.15, 0.2) is 24.3 Å². The number of hydrogen-bond donors (Lipinski definition) is 1. The van der Waals surface area contributed by atoms with Crippen molar-refractivity contribution in [3.05, 3.63) is 41.0 Å². The number of carbonyl (C=O) groups excluding carboxylic acids is 1. The number of phenolic OH excluding ortho intramolecular Hbond substituents is 1. The molecule has 1 fully saturated rings. The standard InChI is InChI=1S/C15H14N2O2/c16-9-12-7-11(15(19)17-5-1-2-6-17)8-13(14(12)18)10-3-4-10/h1-2,7-8,10,18H,3-6H2. The average molecular weight is 254 g/mol. The Bertz CT molecular complexity index is 601. The lowest BCUT2D eigenvalue weighted by molar-refractivity contribution is 0.0800. The maximum atomic E-state index is 12.3. The van der Waals surface area contributed by atoms with E-state index in [9.17, 15) is 9.90 Å². The molecule has 4 heteroatoms. The molecule has 0 atom stereocenters. The van der Waals surface area contributed by atoms with Gasteiger partial charge in [-0.3, -0.25) is 4.79 Å². The topological polar surface area (TPSA) is 64.3 Å². The van der Waals surface area contributed by atoms with E-state index in [1.54, 1.807) is 11.0 Å². The molecule has 1 aromatic rings. The van der Waals surface area contributed by atoms with Gasteiger partial charge in [0.1, 0.15) is 11.8 Å². The minimum atomic E-state index is -0.0802. The van der Waals surface area contributed by atoms with Gasteiger partial charge in [0.15, 0.2) is 0 Å². The van der Waals surface area contributed by atoms with Gasteiger partial charge >= 0.3 is 0 Å². The van der Waals surface area contributed by atoms with Crippen LogP contribution in [0.3, 0.4) is 0 Å². The van der Waals surface area contributed by atoms with Gasteiger partial charge in [0, 0.05) is 18.7 Å². The van der Waals surface area contributed by atoms with Crippen molar-refractivity contribution in [2.24, 2.45) is 0 Å². The van der Waals surface area contributed by atoms with E-state index >= 15 is 0 Å². The number of phenols is 1. The molecule has 96 valence electrons. The molecule has 1 aliphatic carbocycles. The fourth-order valence-electron chi connectivity index (χ4n) is 2.40. The highest BCUT2D eigenvalue weighted by atomic mass is 16.3. The first-order chi connectivity index (χ1) is 9.20. The molecule has 0 aromatic heterocycles. The van der Waals surface area contributed by atoms with Crippen LogP contribution in [-0.2, 0) is 0 Å². The van der Waals surface area contributed by atoms with Gasteiger partial charge in [-0.2, -0.15) is 5.26 Å². The third-order valence-electron chi connectivity index (χ3n) is 3.63. The minimum Gasteiger partial charge on any atom is -0.506 e. The summed E-state index contributed by atoms with van der Waals surface area (Å²) in [6, 6.07) is 5.20. The lowest BCUT2D eigenvalue weighted by Crippen LogP contribution is -2.28. The van der Waals surface area contributed by atoms with Gasteiger partial charge in [-0.15, -0.1) is 0 Å². The molecule has 1 N–H and O–H groups in total. The molecule has 19 heavy (non-hydrogen) atoms. The van der Waals surface area contributed by atoms with Crippen LogP contribution in [0.25, 0.3) is 0 Å². The smallest absolute Gasteiger partial charge is 0.254 e. The largest absolute Gasteiger partial charge is 0.506 e. The van der Waals surface area contributed by atoms with Crippen LogP contribution in [0.4, 0.5) is 0 Å². The molecule has 0 bridgehead atoms. The maximum Gasteiger partial charge on any atom is 0.254 e. The van der Waals surface area contributed by atoms with E-state index in [1.165, 1.54) is 6.07 Å². The van der Waals surface area contributed by atoms with Gasteiger partial charge in [-0.25, -0.2) is 0 Å². The van der Waals surface area contributed by atoms with Crippen molar-refractivity contribution in [1.29, 1.82) is 5.26 Å². The Balaban J connectivity index is 1.99. The number of amides is 1. The lowest BCUT2D eigenvalue weighted by atomic mass is 10.0. The summed E-state index contributed by atoms with van der Waals surface area (Å²) in [5.41, 5.74) is 1.44. The van der Waals surface area contributed by atoms with E-state index in [-0.39, 0.29) is 17.2 Å². The molecule has 2 aliphatic rings. The average Bonchev–Trinajstić information content (AvgIpc) is 3.12. The number of rotatable bonds is 2. The fourth-order valence-corrected chi connectivity index (χ4v) is 2.40. The van der Waals surface area contributed by atoms with E-state index in [0.717, 1.165) is 18.4 Å². The Morgan fingerprint density at radius 1 is 1.32 bits per heavy atom. The zero-order valence-electron chi connectivity index (χ0n) is 10.5. The predicted molar refractivity (Wildman–Crippen MR) is 69.8 cm³/mol. The monoisotopic (exact) mass is 254 g/mol. The Morgan fingerprint density at radius 3 is 2.58 bits per heavy atom. The van der Waals surface area contributed by atoms with Crippen molar-refractivity contribution < 1.29 is 9.90 Å². The molecule has 1 heterocycles. The SMILES string of the molecule is N#Cc1cc(C(=O)N2CC=CC2)cc(C2CC2)c1O. The zero-order chi connectivity index (χ0) is 13.4. The number of nitrogens with zero attached hydrogens (tertiary/aromatic N) is 2. The first-order valence-corrected chi connectivity index (χ1v) is 6.42. The van der Waals surface area contributed by atoms with Crippen LogP contribution in [-0.4, -0.2) is 29.0 Å². The summed E-state index contributed by atoms with van der Waals surface area (Å²) in [7, 11) is 0. The van der Waals surface area contributed by atoms with Crippen LogP contribution >= 0.6 is 0 Å². The number of carbonyl (C=O) groups is 1. The van der Waals surface area contributed by atoms with Crippen molar-refractivity contribution in [2.75, 3.05) is 13.1 Å². The Kier molecular flexibility index (Phi) is 2.75. The van der Waals surface area contributed by atoms with E-state index in [0.29, 0.717) is 24.6 Å². The summed E-state index contributed by atoms with van der Waals surface area (Å²) in [6.07, 6.45) is 5.93. The number of aromatic hydroxyl groups is 1. The molecule has 3 rings (SSSR count). The Morgan fingerprint density at radius 2 is 2.00 bits per heavy atom. The highest BCUT2D eigenvalue weighted by Crippen LogP contribution is 2.45. The Labute approximate surface area is 111 Å². The summed E-state index contributed by atoms with van der Waals surface area (Å²) >= 11 is 0. The van der Waals surface area contributed by atoms with Gasteiger partial charge in [0.25, 0.3) is 5.91 Å². The highest BCUT2D eigenvalue weighted by molar-refractivity contribution is 5.95. The molecule has 1 amide bonds. The maximum absolute atomic E-state index is 12.3. The van der Waals surface area contributed by atoms with Crippen molar-refractivity contribution in [3.8, 4) is 11.8 Å². The second-order valence-electron chi connectivity index (χ2n) is 5.03. The third-order valence-corrected chi connectivity index (χ3v) is 3.63. The van der Waals surface area contributed by atoms with Crippen LogP contribution in [0.1, 0.15) is 40.2 Å². The minimum absolute atomic E-state index is 0.0427. The second-order valence-corrected chi connectivity index (χ2v) is 5.03. The molecular formula is C15H14N2O2. The molecule has 0 saturated heterocycles. The molecule has 1 aliphatic heterocycles. The fraction of sp³-hybridized carbons (Fsp3) is 0.333. The van der Waals surface area contributed by atoms with Crippen LogP contribution in [0.2, 0.25) is 0 Å². The van der Waals surface area contributed by atoms with Gasteiger partial charge in [-0.05, 0) is 36.5 Å². The van der Waals surface area contributed by atoms with Crippen LogP contribution in [0, 0.1) is 11.3 Å². The molecule has 0 unspecified atom stereocenters. The Hall–Kier alpha value is -2.28. The van der Waals surface area contributed by atoms with Gasteiger partial charge in [0.2, 0.25) is 0 Å². The predicted octanol–water partition coefficient (Wildman–Crippen LogP) is 2.15. The summed E-state index contributed by atoms with van der Waals surface area (Å²) in [6.45, 7) is 1.22. The first-order valence-electron chi connectivity index (χ1n) is 6.42. The van der Waals surface area contributed by atoms with Crippen molar-refractivity contribution in [2.45, 2.75) is 18.8 Å². The summed E-state index contributed by atoms with van der Waals surface area (Å²) in [5, 5.41) is 19.1. The quantitative estimate of drug-likeness (QED) is 0.822. The van der Waals surface area contributed by atoms with Crippen molar-refractivity contribution in [1.82, 2.24) is 4.90 Å². The van der Waals surface area contributed by atoms with Crippen molar-refractivity contribution in [3.63, 3.8) is 0 Å². The van der Waals surface area contributed by atoms with Crippen LogP contribution in [0.5, 0.6) is 5.75 Å². The van der Waals surface area contributed by atoms with E-state index in [1.807, 2.05) is 18.2 Å². The number of benzene rings is 1. The van der Waals surface area contributed by atoms with Gasteiger partial charge < -0.3 is 10.0 Å². The normalized spacial score (nSPS) is 17.5. The van der Waals surface area contributed by atoms with E-state index < -0.39 is 0 Å². The summed E-state index contributed by atoms with van der Waals surface area (Å²) in [4.78, 5) is 14.0. The molecule has 0 spiro atoms. The summed E-state index contributed by atoms with van der Waals surface area (Å²) in [5.74, 6) is 0.265. The zero-order valence-corrected chi connectivity index (χ0v) is 10.5. The van der Waals surface area contributed by atoms with Crippen molar-refractivity contribution >= 4 is 5.91 Å². The molecule has 1 saturated carbocycles. The van der Waals surface area contributed by atoms with E-state index in [4.69, 9.17) is 5.26 Å². The number of hydrogen-bond acceptors (Lipinski definition) is 3.